The second-order valence-electron chi connectivity index (χ2n) is 5.35. The molecule has 2 aliphatic rings. The third kappa shape index (κ3) is 3.08. The lowest BCUT2D eigenvalue weighted by Gasteiger charge is -2.14. The average Bonchev–Trinajstić information content (AvgIpc) is 3.15. The van der Waals surface area contributed by atoms with Crippen LogP contribution in [0.2, 0.25) is 5.02 Å². The summed E-state index contributed by atoms with van der Waals surface area (Å²) in [5.41, 5.74) is 1.38. The molecule has 1 aromatic carbocycles. The Morgan fingerprint density at radius 2 is 2.08 bits per heavy atom. The first-order valence-electron chi connectivity index (χ1n) is 7.35. The van der Waals surface area contributed by atoms with Gasteiger partial charge in [-0.1, -0.05) is 17.7 Å². The number of thioether (sulfide) groups is 1. The molecule has 1 fully saturated rings. The molecule has 0 spiro atoms. The first-order chi connectivity index (χ1) is 12.1. The Morgan fingerprint density at radius 1 is 1.28 bits per heavy atom. The molecule has 0 atom stereocenters. The Balaban J connectivity index is 1.59. The lowest BCUT2D eigenvalue weighted by Crippen LogP contribution is -2.27. The number of hydrogen-bond donors (Lipinski definition) is 0. The molecule has 8 heteroatoms. The van der Waals surface area contributed by atoms with Crippen LogP contribution in [0.4, 0.5) is 4.79 Å². The highest BCUT2D eigenvalue weighted by atomic mass is 35.5. The molecule has 1 aromatic heterocycles. The molecule has 126 valence electrons. The van der Waals surface area contributed by atoms with E-state index in [4.69, 9.17) is 21.1 Å². The van der Waals surface area contributed by atoms with Crippen LogP contribution in [0, 0.1) is 0 Å². The van der Waals surface area contributed by atoms with Crippen LogP contribution < -0.4 is 9.47 Å². The molecule has 0 N–H and O–H groups in total. The number of ether oxygens (including phenoxy) is 2. The Labute approximate surface area is 152 Å². The zero-order valence-electron chi connectivity index (χ0n) is 12.8. The minimum atomic E-state index is -0.354. The van der Waals surface area contributed by atoms with Crippen molar-refractivity contribution < 1.29 is 19.1 Å². The van der Waals surface area contributed by atoms with Gasteiger partial charge in [0.1, 0.15) is 0 Å². The van der Waals surface area contributed by atoms with Crippen molar-refractivity contribution in [2.45, 2.75) is 6.54 Å². The van der Waals surface area contributed by atoms with Crippen LogP contribution in [0.3, 0.4) is 0 Å². The quantitative estimate of drug-likeness (QED) is 0.763. The highest BCUT2D eigenvalue weighted by Gasteiger charge is 2.35. The van der Waals surface area contributed by atoms with Gasteiger partial charge < -0.3 is 9.47 Å². The van der Waals surface area contributed by atoms with E-state index < -0.39 is 0 Å². The number of carbonyl (C=O) groups is 2. The topological polar surface area (TPSA) is 68.7 Å². The van der Waals surface area contributed by atoms with E-state index in [1.54, 1.807) is 36.7 Å². The number of carbonyl (C=O) groups excluding carboxylic acids is 2. The number of rotatable bonds is 3. The second kappa shape index (κ2) is 6.42. The number of fused-ring (bicyclic) bond motifs is 1. The van der Waals surface area contributed by atoms with Crippen LogP contribution in [-0.2, 0) is 11.3 Å². The third-order valence-electron chi connectivity index (χ3n) is 3.73. The molecule has 0 radical (unpaired) electrons. The average molecular weight is 375 g/mol. The zero-order chi connectivity index (χ0) is 17.4. The summed E-state index contributed by atoms with van der Waals surface area (Å²) in [5, 5.41) is 0.0772. The van der Waals surface area contributed by atoms with Gasteiger partial charge in [0.05, 0.1) is 11.4 Å². The lowest BCUT2D eigenvalue weighted by molar-refractivity contribution is -0.123. The fourth-order valence-electron chi connectivity index (χ4n) is 2.50. The normalized spacial score (nSPS) is 17.6. The lowest BCUT2D eigenvalue weighted by atomic mass is 10.2. The molecular weight excluding hydrogens is 364 g/mol. The molecule has 0 saturated carbocycles. The van der Waals surface area contributed by atoms with Gasteiger partial charge in [0.25, 0.3) is 11.1 Å². The van der Waals surface area contributed by atoms with Gasteiger partial charge in [0.15, 0.2) is 11.5 Å². The summed E-state index contributed by atoms with van der Waals surface area (Å²) in [5.74, 6) is 0.754. The fourth-order valence-corrected chi connectivity index (χ4v) is 3.55. The number of benzene rings is 1. The second-order valence-corrected chi connectivity index (χ2v) is 6.75. The van der Waals surface area contributed by atoms with Crippen LogP contribution in [-0.4, -0.2) is 27.8 Å². The number of amides is 2. The number of hydrogen-bond acceptors (Lipinski definition) is 6. The maximum atomic E-state index is 12.6. The minimum absolute atomic E-state index is 0.0739. The van der Waals surface area contributed by atoms with Crippen LogP contribution >= 0.6 is 23.4 Å². The molecule has 3 heterocycles. The van der Waals surface area contributed by atoms with Crippen molar-refractivity contribution in [2.24, 2.45) is 0 Å². The Kier molecular flexibility index (Phi) is 4.10. The van der Waals surface area contributed by atoms with E-state index in [9.17, 15) is 9.59 Å². The van der Waals surface area contributed by atoms with E-state index in [-0.39, 0.29) is 24.5 Å². The van der Waals surface area contributed by atoms with E-state index in [1.165, 1.54) is 0 Å². The van der Waals surface area contributed by atoms with Gasteiger partial charge in [-0.15, -0.1) is 0 Å². The highest BCUT2D eigenvalue weighted by Crippen LogP contribution is 2.39. The monoisotopic (exact) mass is 374 g/mol. The van der Waals surface area contributed by atoms with Crippen molar-refractivity contribution in [1.29, 1.82) is 0 Å². The van der Waals surface area contributed by atoms with Crippen LogP contribution in [0.1, 0.15) is 11.1 Å². The molecule has 2 amide bonds. The van der Waals surface area contributed by atoms with E-state index in [1.807, 2.05) is 6.07 Å². The first-order valence-corrected chi connectivity index (χ1v) is 8.54. The highest BCUT2D eigenvalue weighted by molar-refractivity contribution is 8.18. The summed E-state index contributed by atoms with van der Waals surface area (Å²) < 4.78 is 10.6. The van der Waals surface area contributed by atoms with Crippen LogP contribution in [0.25, 0.3) is 6.08 Å². The van der Waals surface area contributed by atoms with E-state index in [0.29, 0.717) is 27.0 Å². The summed E-state index contributed by atoms with van der Waals surface area (Å²) in [6.07, 6.45) is 4.92. The van der Waals surface area contributed by atoms with Gasteiger partial charge in [-0.2, -0.15) is 0 Å². The summed E-state index contributed by atoms with van der Waals surface area (Å²) in [6, 6.07) is 6.90. The smallest absolute Gasteiger partial charge is 0.293 e. The molecule has 4 rings (SSSR count). The van der Waals surface area contributed by atoms with Crippen molar-refractivity contribution in [3.05, 3.63) is 57.7 Å². The van der Waals surface area contributed by atoms with Crippen molar-refractivity contribution in [3.8, 4) is 11.5 Å². The SMILES string of the molecule is O=C1S/C(=C/c2cccnc2)C(=O)N1Cc1cc2c(cc1Cl)OCO2. The largest absolute Gasteiger partial charge is 0.454 e. The molecule has 0 bridgehead atoms. The maximum absolute atomic E-state index is 12.6. The standard InChI is InChI=1S/C17H11ClN2O4S/c18-12-6-14-13(23-9-24-14)5-11(12)8-20-16(21)15(25-17(20)22)4-10-2-1-3-19-7-10/h1-7H,8-9H2/b15-4+. The van der Waals surface area contributed by atoms with Gasteiger partial charge in [0.2, 0.25) is 6.79 Å². The molecule has 6 nitrogen and oxygen atoms in total. The van der Waals surface area contributed by atoms with Gasteiger partial charge >= 0.3 is 0 Å². The molecule has 0 unspecified atom stereocenters. The first kappa shape index (κ1) is 16.0. The molecular formula is C17H11ClN2O4S. The molecule has 25 heavy (non-hydrogen) atoms. The number of imide groups is 1. The van der Waals surface area contributed by atoms with E-state index in [0.717, 1.165) is 22.2 Å². The van der Waals surface area contributed by atoms with Gasteiger partial charge in [-0.25, -0.2) is 0 Å². The number of halogens is 1. The van der Waals surface area contributed by atoms with Crippen molar-refractivity contribution in [2.75, 3.05) is 6.79 Å². The maximum Gasteiger partial charge on any atom is 0.293 e. The van der Waals surface area contributed by atoms with Crippen LogP contribution in [0.15, 0.2) is 41.6 Å². The Bertz CT molecular complexity index is 901. The Morgan fingerprint density at radius 3 is 2.84 bits per heavy atom. The van der Waals surface area contributed by atoms with Crippen LogP contribution in [0.5, 0.6) is 11.5 Å². The number of pyridine rings is 1. The van der Waals surface area contributed by atoms with Gasteiger partial charge in [-0.3, -0.25) is 19.5 Å². The van der Waals surface area contributed by atoms with E-state index in [2.05, 4.69) is 4.98 Å². The number of aromatic nitrogens is 1. The zero-order valence-corrected chi connectivity index (χ0v) is 14.3. The predicted molar refractivity (Wildman–Crippen MR) is 93.3 cm³/mol. The van der Waals surface area contributed by atoms with Crippen molar-refractivity contribution in [1.82, 2.24) is 9.88 Å². The Hall–Kier alpha value is -2.51. The summed E-state index contributed by atoms with van der Waals surface area (Å²) >= 11 is 7.13. The number of nitrogens with zero attached hydrogens (tertiary/aromatic N) is 2. The third-order valence-corrected chi connectivity index (χ3v) is 4.99. The van der Waals surface area contributed by atoms with E-state index >= 15 is 0 Å². The molecule has 2 aromatic rings. The fraction of sp³-hybridized carbons (Fsp3) is 0.118. The molecule has 0 aliphatic carbocycles. The molecule has 1 saturated heterocycles. The minimum Gasteiger partial charge on any atom is -0.454 e. The molecule has 2 aliphatic heterocycles. The summed E-state index contributed by atoms with van der Waals surface area (Å²) in [6.45, 7) is 0.203. The van der Waals surface area contributed by atoms with Crippen molar-refractivity contribution >= 4 is 40.6 Å². The summed E-state index contributed by atoms with van der Waals surface area (Å²) in [4.78, 5) is 30.3. The van der Waals surface area contributed by atoms with Gasteiger partial charge in [0, 0.05) is 23.5 Å². The predicted octanol–water partition coefficient (Wildman–Crippen LogP) is 3.70. The van der Waals surface area contributed by atoms with Gasteiger partial charge in [-0.05, 0) is 41.1 Å². The van der Waals surface area contributed by atoms with Crippen molar-refractivity contribution in [3.63, 3.8) is 0 Å². The summed E-state index contributed by atoms with van der Waals surface area (Å²) in [7, 11) is 0.